The minimum atomic E-state index is -0.864. The van der Waals surface area contributed by atoms with Crippen molar-refractivity contribution in [3.8, 4) is 0 Å². The van der Waals surface area contributed by atoms with Gasteiger partial charge in [0.05, 0.1) is 6.42 Å². The number of hydrogen-bond acceptors (Lipinski definition) is 4. The van der Waals surface area contributed by atoms with Gasteiger partial charge in [0, 0.05) is 32.7 Å². The third kappa shape index (κ3) is 6.61. The van der Waals surface area contributed by atoms with Gasteiger partial charge in [-0.05, 0) is 13.8 Å². The van der Waals surface area contributed by atoms with Crippen LogP contribution < -0.4 is 0 Å². The van der Waals surface area contributed by atoms with E-state index in [0.717, 1.165) is 6.47 Å². The number of ketones is 2. The summed E-state index contributed by atoms with van der Waals surface area (Å²) < 4.78 is 4.20. The van der Waals surface area contributed by atoms with Crippen molar-refractivity contribution in [1.29, 1.82) is 0 Å². The molecule has 0 aromatic rings. The van der Waals surface area contributed by atoms with Crippen LogP contribution in [-0.4, -0.2) is 24.1 Å². The summed E-state index contributed by atoms with van der Waals surface area (Å²) in [5, 5.41) is 0. The Morgan fingerprint density at radius 2 is 2.00 bits per heavy atom. The topological polar surface area (TPSA) is 60.4 Å². The molecule has 12 heavy (non-hydrogen) atoms. The molecule has 0 spiro atoms. The molecule has 0 N–H and O–H groups in total. The first-order valence-electron chi connectivity index (χ1n) is 3.13. The number of hydrogen-bond donors (Lipinski definition) is 0. The van der Waals surface area contributed by atoms with Gasteiger partial charge in [0.2, 0.25) is 0 Å². The second kappa shape index (κ2) is 7.56. The van der Waals surface area contributed by atoms with E-state index in [9.17, 15) is 14.4 Å². The van der Waals surface area contributed by atoms with Crippen molar-refractivity contribution in [2.45, 2.75) is 26.4 Å². The maximum atomic E-state index is 10.8. The summed E-state index contributed by atoms with van der Waals surface area (Å²) in [4.78, 5) is 30.8. The van der Waals surface area contributed by atoms with Crippen LogP contribution >= 0.6 is 0 Å². The average molecular weight is 246 g/mol. The smallest absolute Gasteiger partial charge is 0.177 e. The Hall–Kier alpha value is -0.0861. The molecular weight excluding hydrogens is 237 g/mol. The Bertz CT molecular complexity index is 178. The van der Waals surface area contributed by atoms with Crippen LogP contribution in [0.4, 0.5) is 0 Å². The molecule has 1 radical (unpaired) electrons. The van der Waals surface area contributed by atoms with Gasteiger partial charge < -0.3 is 9.53 Å². The van der Waals surface area contributed by atoms with Crippen LogP contribution in [0.25, 0.3) is 0 Å². The van der Waals surface area contributed by atoms with Gasteiger partial charge in [0.25, 0.3) is 0 Å². The quantitative estimate of drug-likeness (QED) is 0.506. The van der Waals surface area contributed by atoms with Gasteiger partial charge >= 0.3 is 0 Å². The zero-order valence-corrected chi connectivity index (χ0v) is 9.83. The Morgan fingerprint density at radius 1 is 1.50 bits per heavy atom. The van der Waals surface area contributed by atoms with Crippen molar-refractivity contribution in [2.24, 2.45) is 0 Å². The zero-order valence-electron chi connectivity index (χ0n) is 6.99. The molecule has 0 aliphatic rings. The molecule has 0 bridgehead atoms. The van der Waals surface area contributed by atoms with Crippen molar-refractivity contribution in [1.82, 2.24) is 0 Å². The molecule has 0 rings (SSSR count). The van der Waals surface area contributed by atoms with Crippen LogP contribution in [-0.2, 0) is 51.8 Å². The van der Waals surface area contributed by atoms with Crippen LogP contribution in [0, 0.1) is 0 Å². The normalized spacial score (nSPS) is 10.8. The van der Waals surface area contributed by atoms with E-state index in [1.165, 1.54) is 13.8 Å². The summed E-state index contributed by atoms with van der Waals surface area (Å²) in [5.74, 6) is -0.641. The van der Waals surface area contributed by atoms with Crippen molar-refractivity contribution < 1.29 is 51.8 Å². The molecule has 1 atom stereocenters. The van der Waals surface area contributed by atoms with E-state index in [2.05, 4.69) is 4.74 Å². The summed E-state index contributed by atoms with van der Waals surface area (Å²) in [6.07, 6.45) is -1.06. The predicted octanol–water partition coefficient (Wildman–Crippen LogP) is 0.00440. The number of carbonyl (C=O) groups is 2. The van der Waals surface area contributed by atoms with Crippen LogP contribution in [0.15, 0.2) is 0 Å². The van der Waals surface area contributed by atoms with Crippen LogP contribution in [0.3, 0.4) is 0 Å². The van der Waals surface area contributed by atoms with Crippen LogP contribution in [0.2, 0.25) is 0 Å². The minimum absolute atomic E-state index is 0. The summed E-state index contributed by atoms with van der Waals surface area (Å²) >= 11 is 0. The Labute approximate surface area is 95.9 Å². The Kier molecular flexibility index (Phi) is 9.09. The summed E-state index contributed by atoms with van der Waals surface area (Å²) in [6.45, 7) is 3.84. The molecule has 0 saturated carbocycles. The molecule has 0 aliphatic heterocycles. The second-order valence-electron chi connectivity index (χ2n) is 2.19. The van der Waals surface area contributed by atoms with Crippen molar-refractivity contribution in [2.75, 3.05) is 0 Å². The molecule has 0 aliphatic carbocycles. The fourth-order valence-electron chi connectivity index (χ4n) is 0.527. The molecule has 5 heteroatoms. The van der Waals surface area contributed by atoms with Crippen LogP contribution in [0.5, 0.6) is 0 Å². The number of rotatable bonds is 5. The Morgan fingerprint density at radius 3 is 2.33 bits per heavy atom. The van der Waals surface area contributed by atoms with E-state index in [0.29, 0.717) is 0 Å². The summed E-state index contributed by atoms with van der Waals surface area (Å²) in [6, 6.07) is 0. The summed E-state index contributed by atoms with van der Waals surface area (Å²) in [5.41, 5.74) is 0. The number of ether oxygens (including phenoxy) is 1. The largest absolute Gasteiger partial charge is 0.646 e. The van der Waals surface area contributed by atoms with Crippen molar-refractivity contribution in [3.63, 3.8) is 0 Å². The molecule has 0 aromatic heterocycles. The molecule has 4 nitrogen and oxygen atoms in total. The second-order valence-corrected chi connectivity index (χ2v) is 2.19. The van der Waals surface area contributed by atoms with Gasteiger partial charge in [-0.15, -0.1) is 0 Å². The van der Waals surface area contributed by atoms with Crippen molar-refractivity contribution >= 4 is 18.0 Å². The maximum absolute atomic E-state index is 10.8. The van der Waals surface area contributed by atoms with E-state index < -0.39 is 11.9 Å². The van der Waals surface area contributed by atoms with E-state index in [4.69, 9.17) is 0 Å². The van der Waals surface area contributed by atoms with Gasteiger partial charge in [-0.3, -0.25) is 9.59 Å². The molecular formula is C7H9O4Y-. The minimum Gasteiger partial charge on any atom is -0.646 e. The van der Waals surface area contributed by atoms with Gasteiger partial charge in [-0.25, -0.2) is 0 Å². The molecule has 0 aromatic carbocycles. The van der Waals surface area contributed by atoms with Gasteiger partial charge in [-0.2, -0.15) is 0 Å². The standard InChI is InChI=1S/C7H9O4.Y/c1-5(9)3-7(10)6(2)11-4-8;/h6H,3H2,1-2H3;/q-1;. The van der Waals surface area contributed by atoms with E-state index in [1.807, 2.05) is 0 Å². The fourth-order valence-corrected chi connectivity index (χ4v) is 0.527. The van der Waals surface area contributed by atoms with E-state index >= 15 is 0 Å². The maximum Gasteiger partial charge on any atom is 0.177 e. The van der Waals surface area contributed by atoms with Crippen molar-refractivity contribution in [3.05, 3.63) is 0 Å². The SMILES string of the molecule is CC(=O)CC(=O)C(C)O[C-]=O.[Y]. The third-order valence-corrected chi connectivity index (χ3v) is 1.10. The third-order valence-electron chi connectivity index (χ3n) is 1.10. The summed E-state index contributed by atoms with van der Waals surface area (Å²) in [7, 11) is 0. The van der Waals surface area contributed by atoms with E-state index in [-0.39, 0.29) is 44.9 Å². The fraction of sp³-hybridized carbons (Fsp3) is 0.571. The van der Waals surface area contributed by atoms with Crippen LogP contribution in [0.1, 0.15) is 20.3 Å². The monoisotopic (exact) mass is 246 g/mol. The molecule has 0 amide bonds. The zero-order chi connectivity index (χ0) is 8.85. The van der Waals surface area contributed by atoms with E-state index in [1.54, 1.807) is 0 Å². The first-order chi connectivity index (χ1) is 5.07. The molecule has 65 valence electrons. The first-order valence-corrected chi connectivity index (χ1v) is 3.13. The molecule has 0 fully saturated rings. The number of Topliss-reactive ketones (excluding diaryl/α,β-unsaturated/α-hetero) is 2. The molecule has 1 unspecified atom stereocenters. The number of carbonyl (C=O) groups excluding carboxylic acids is 3. The van der Waals surface area contributed by atoms with Gasteiger partial charge in [-0.1, -0.05) is 6.47 Å². The van der Waals surface area contributed by atoms with Gasteiger partial charge in [0.1, 0.15) is 11.9 Å². The van der Waals surface area contributed by atoms with Gasteiger partial charge in [0.15, 0.2) is 5.78 Å². The first kappa shape index (κ1) is 14.4. The molecule has 0 heterocycles. The Balaban J connectivity index is 0. The molecule has 0 saturated heterocycles. The predicted molar refractivity (Wildman–Crippen MR) is 36.5 cm³/mol. The average Bonchev–Trinajstić information content (AvgIpc) is 1.86.